The summed E-state index contributed by atoms with van der Waals surface area (Å²) < 4.78 is 13.8. The summed E-state index contributed by atoms with van der Waals surface area (Å²) in [5.74, 6) is -0.522. The molecule has 0 saturated carbocycles. The summed E-state index contributed by atoms with van der Waals surface area (Å²) in [5, 5.41) is 20.7. The summed E-state index contributed by atoms with van der Waals surface area (Å²) >= 11 is 0. The number of piperazine rings is 1. The van der Waals surface area contributed by atoms with Gasteiger partial charge in [-0.1, -0.05) is 0 Å². The lowest BCUT2D eigenvalue weighted by molar-refractivity contribution is -0.120. The van der Waals surface area contributed by atoms with Crippen molar-refractivity contribution in [3.8, 4) is 17.0 Å². The Bertz CT molecular complexity index is 1390. The number of hydrogen-bond donors (Lipinski definition) is 3. The summed E-state index contributed by atoms with van der Waals surface area (Å²) in [5.41, 5.74) is 9.11. The lowest BCUT2D eigenvalue weighted by atomic mass is 10.1. The lowest BCUT2D eigenvalue weighted by Gasteiger charge is -2.42. The Morgan fingerprint density at radius 2 is 1.87 bits per heavy atom. The Morgan fingerprint density at radius 3 is 2.58 bits per heavy atom. The van der Waals surface area contributed by atoms with Crippen LogP contribution in [-0.4, -0.2) is 68.8 Å². The number of phenolic OH excluding ortho intramolecular Hbond substituents is 1. The zero-order chi connectivity index (χ0) is 26.4. The summed E-state index contributed by atoms with van der Waals surface area (Å²) in [6.07, 6.45) is 4.02. The van der Waals surface area contributed by atoms with Crippen molar-refractivity contribution in [1.82, 2.24) is 25.4 Å². The number of carbonyl (C=O) groups is 2. The SMILES string of the molecule is Nc1nnc(-c2cc(F)ccc2O)cc1N1CC2CCC(C1)N2Cc1ccc(N2CCC(=O)NC2=O)cn1. The second-order valence-corrected chi connectivity index (χ2v) is 9.89. The fourth-order valence-electron chi connectivity index (χ4n) is 5.60. The monoisotopic (exact) mass is 518 g/mol. The van der Waals surface area contributed by atoms with Crippen LogP contribution in [0.3, 0.4) is 0 Å². The number of nitrogens with two attached hydrogens (primary N) is 1. The fourth-order valence-corrected chi connectivity index (χ4v) is 5.60. The van der Waals surface area contributed by atoms with E-state index < -0.39 is 11.8 Å². The molecular weight excluding hydrogens is 491 g/mol. The number of aromatic hydroxyl groups is 1. The van der Waals surface area contributed by atoms with E-state index in [1.54, 1.807) is 12.3 Å². The number of nitrogens with one attached hydrogen (secondary N) is 1. The molecule has 38 heavy (non-hydrogen) atoms. The van der Waals surface area contributed by atoms with Gasteiger partial charge in [-0.25, -0.2) is 9.18 Å². The molecule has 4 N–H and O–H groups in total. The highest BCUT2D eigenvalue weighted by atomic mass is 19.1. The standard InChI is InChI=1S/C26H27FN8O3/c27-15-1-6-23(36)20(9-15)21-10-22(25(28)32-31-21)33-13-18-4-5-19(14-33)35(18)12-16-2-3-17(11-29-16)34-8-7-24(37)30-26(34)38/h1-3,6,9-11,18-19,36H,4-5,7-8,12-14H2,(H2,28,32)(H,30,37,38). The van der Waals surface area contributed by atoms with Gasteiger partial charge >= 0.3 is 6.03 Å². The zero-order valence-electron chi connectivity index (χ0n) is 20.5. The van der Waals surface area contributed by atoms with Crippen molar-refractivity contribution in [3.05, 3.63) is 54.1 Å². The van der Waals surface area contributed by atoms with E-state index in [1.807, 2.05) is 12.1 Å². The van der Waals surface area contributed by atoms with E-state index >= 15 is 0 Å². The lowest BCUT2D eigenvalue weighted by Crippen LogP contribution is -2.53. The minimum Gasteiger partial charge on any atom is -0.507 e. The highest BCUT2D eigenvalue weighted by molar-refractivity contribution is 6.05. The molecule has 0 spiro atoms. The van der Waals surface area contributed by atoms with Crippen molar-refractivity contribution in [1.29, 1.82) is 0 Å². The summed E-state index contributed by atoms with van der Waals surface area (Å²) in [7, 11) is 0. The molecule has 2 atom stereocenters. The number of phenols is 1. The average molecular weight is 519 g/mol. The molecule has 12 heteroatoms. The van der Waals surface area contributed by atoms with E-state index in [1.165, 1.54) is 23.1 Å². The van der Waals surface area contributed by atoms with Crippen molar-refractivity contribution in [2.24, 2.45) is 0 Å². The van der Waals surface area contributed by atoms with Gasteiger partial charge in [0.05, 0.1) is 29.0 Å². The van der Waals surface area contributed by atoms with Crippen LogP contribution in [0.25, 0.3) is 11.3 Å². The van der Waals surface area contributed by atoms with E-state index in [0.717, 1.165) is 37.3 Å². The molecule has 5 heterocycles. The summed E-state index contributed by atoms with van der Waals surface area (Å²) in [6.45, 7) is 2.49. The minimum absolute atomic E-state index is 0.0748. The molecular formula is C26H27FN8O3. The molecule has 11 nitrogen and oxygen atoms in total. The number of aromatic nitrogens is 3. The molecule has 3 amide bonds. The molecule has 2 bridgehead atoms. The number of urea groups is 1. The van der Waals surface area contributed by atoms with Gasteiger partial charge in [-0.15, -0.1) is 10.2 Å². The van der Waals surface area contributed by atoms with Crippen molar-refractivity contribution >= 4 is 29.1 Å². The van der Waals surface area contributed by atoms with Crippen LogP contribution in [0.4, 0.5) is 26.4 Å². The quantitative estimate of drug-likeness (QED) is 0.464. The maximum atomic E-state index is 13.8. The molecule has 0 radical (unpaired) electrons. The van der Waals surface area contributed by atoms with Crippen LogP contribution in [0.2, 0.25) is 0 Å². The third-order valence-corrected chi connectivity index (χ3v) is 7.53. The zero-order valence-corrected chi connectivity index (χ0v) is 20.5. The second kappa shape index (κ2) is 9.53. The summed E-state index contributed by atoms with van der Waals surface area (Å²) in [6, 6.07) is 9.41. The molecule has 1 aromatic carbocycles. The Labute approximate surface area is 218 Å². The predicted molar refractivity (Wildman–Crippen MR) is 138 cm³/mol. The maximum absolute atomic E-state index is 13.8. The average Bonchev–Trinajstić information content (AvgIpc) is 3.12. The van der Waals surface area contributed by atoms with Crippen LogP contribution in [0.15, 0.2) is 42.6 Å². The van der Waals surface area contributed by atoms with Crippen LogP contribution in [0, 0.1) is 5.82 Å². The van der Waals surface area contributed by atoms with Crippen LogP contribution in [0.5, 0.6) is 5.75 Å². The minimum atomic E-state index is -0.472. The molecule has 3 saturated heterocycles. The third kappa shape index (κ3) is 4.47. The van der Waals surface area contributed by atoms with Gasteiger partial charge < -0.3 is 15.7 Å². The van der Waals surface area contributed by atoms with Crippen LogP contribution in [-0.2, 0) is 11.3 Å². The number of anilines is 3. The first kappa shape index (κ1) is 24.0. The van der Waals surface area contributed by atoms with E-state index in [4.69, 9.17) is 5.73 Å². The third-order valence-electron chi connectivity index (χ3n) is 7.53. The van der Waals surface area contributed by atoms with Gasteiger partial charge in [0.15, 0.2) is 5.82 Å². The Hall–Kier alpha value is -4.32. The number of nitrogens with zero attached hydrogens (tertiary/aromatic N) is 6. The molecule has 3 fully saturated rings. The smallest absolute Gasteiger partial charge is 0.328 e. The molecule has 3 aromatic rings. The van der Waals surface area contributed by atoms with E-state index in [-0.39, 0.29) is 41.5 Å². The van der Waals surface area contributed by atoms with Gasteiger partial charge in [0.25, 0.3) is 0 Å². The summed E-state index contributed by atoms with van der Waals surface area (Å²) in [4.78, 5) is 34.3. The number of imide groups is 1. The van der Waals surface area contributed by atoms with Crippen LogP contribution < -0.4 is 20.9 Å². The highest BCUT2D eigenvalue weighted by Gasteiger charge is 2.40. The molecule has 3 aliphatic rings. The Morgan fingerprint density at radius 1 is 1.08 bits per heavy atom. The van der Waals surface area contributed by atoms with E-state index in [2.05, 4.69) is 30.3 Å². The van der Waals surface area contributed by atoms with E-state index in [0.29, 0.717) is 24.5 Å². The van der Waals surface area contributed by atoms with Gasteiger partial charge in [0.1, 0.15) is 11.6 Å². The van der Waals surface area contributed by atoms with Crippen molar-refractivity contribution < 1.29 is 19.1 Å². The number of benzene rings is 1. The maximum Gasteiger partial charge on any atom is 0.328 e. The first-order chi connectivity index (χ1) is 18.4. The number of fused-ring (bicyclic) bond motifs is 2. The number of halogens is 1. The highest BCUT2D eigenvalue weighted by Crippen LogP contribution is 2.37. The van der Waals surface area contributed by atoms with Crippen LogP contribution >= 0.6 is 0 Å². The number of hydrogen-bond acceptors (Lipinski definition) is 9. The van der Waals surface area contributed by atoms with Crippen LogP contribution in [0.1, 0.15) is 25.0 Å². The Balaban J connectivity index is 1.16. The molecule has 2 aromatic heterocycles. The number of amides is 3. The molecule has 3 aliphatic heterocycles. The normalized spacial score (nSPS) is 21.6. The molecule has 2 unspecified atom stereocenters. The topological polar surface area (TPSA) is 141 Å². The van der Waals surface area contributed by atoms with Gasteiger partial charge in [-0.05, 0) is 49.2 Å². The largest absolute Gasteiger partial charge is 0.507 e. The van der Waals surface area contributed by atoms with Crippen molar-refractivity contribution in [2.45, 2.75) is 37.9 Å². The van der Waals surface area contributed by atoms with Crippen molar-refractivity contribution in [2.75, 3.05) is 35.2 Å². The number of pyridine rings is 1. The van der Waals surface area contributed by atoms with Gasteiger partial charge in [-0.3, -0.25) is 24.9 Å². The van der Waals surface area contributed by atoms with Gasteiger partial charge in [-0.2, -0.15) is 0 Å². The number of rotatable bonds is 5. The van der Waals surface area contributed by atoms with E-state index in [9.17, 15) is 19.1 Å². The van der Waals surface area contributed by atoms with Gasteiger partial charge in [0.2, 0.25) is 5.91 Å². The first-order valence-electron chi connectivity index (χ1n) is 12.5. The first-order valence-corrected chi connectivity index (χ1v) is 12.5. The molecule has 6 rings (SSSR count). The van der Waals surface area contributed by atoms with Crippen molar-refractivity contribution in [3.63, 3.8) is 0 Å². The molecule has 196 valence electrons. The predicted octanol–water partition coefficient (Wildman–Crippen LogP) is 2.26. The Kier molecular flexibility index (Phi) is 6.03. The number of nitrogen functional groups attached to an aromatic ring is 1. The fraction of sp³-hybridized carbons (Fsp3) is 0.346. The van der Waals surface area contributed by atoms with Gasteiger partial charge in [0, 0.05) is 50.2 Å². The second-order valence-electron chi connectivity index (χ2n) is 9.89. The molecule has 0 aliphatic carbocycles. The number of carbonyl (C=O) groups excluding carboxylic acids is 2.